The average Bonchev–Trinajstić information content (AvgIpc) is 2.10. The Hall–Kier alpha value is -1.58. The quantitative estimate of drug-likeness (QED) is 0.805. The van der Waals surface area contributed by atoms with Crippen LogP contribution in [0, 0.1) is 12.7 Å². The molecule has 0 bridgehead atoms. The smallest absolute Gasteiger partial charge is 0.307 e. The molecule has 0 heterocycles. The zero-order chi connectivity index (χ0) is 10.7. The van der Waals surface area contributed by atoms with Gasteiger partial charge in [0, 0.05) is 0 Å². The van der Waals surface area contributed by atoms with E-state index in [1.165, 1.54) is 19.2 Å². The van der Waals surface area contributed by atoms with Crippen LogP contribution in [0.2, 0.25) is 0 Å². The molecule has 0 atom stereocenters. The molecule has 4 heteroatoms. The minimum absolute atomic E-state index is 0.0845. The van der Waals surface area contributed by atoms with Crippen LogP contribution in [-0.2, 0) is 11.2 Å². The maximum atomic E-state index is 13.2. The van der Waals surface area contributed by atoms with Crippen LogP contribution in [0.15, 0.2) is 12.1 Å². The summed E-state index contributed by atoms with van der Waals surface area (Å²) < 4.78 is 18.0. The lowest BCUT2D eigenvalue weighted by molar-refractivity contribution is -0.136. The minimum atomic E-state index is -0.946. The highest BCUT2D eigenvalue weighted by Gasteiger charge is 2.09. The standard InChI is InChI=1S/C10H11FO3/c1-6-3-7(5-9(12)13)4-8(14-2)10(6)11/h3-4H,5H2,1-2H3,(H,12,13). The van der Waals surface area contributed by atoms with Gasteiger partial charge in [-0.3, -0.25) is 4.79 Å². The van der Waals surface area contributed by atoms with Crippen molar-refractivity contribution in [2.75, 3.05) is 7.11 Å². The fraction of sp³-hybridized carbons (Fsp3) is 0.300. The Morgan fingerprint density at radius 1 is 1.57 bits per heavy atom. The lowest BCUT2D eigenvalue weighted by Crippen LogP contribution is -2.02. The summed E-state index contributed by atoms with van der Waals surface area (Å²) in [7, 11) is 1.35. The summed E-state index contributed by atoms with van der Waals surface area (Å²) in [6.07, 6.45) is -0.128. The number of benzene rings is 1. The van der Waals surface area contributed by atoms with Crippen LogP contribution in [0.25, 0.3) is 0 Å². The van der Waals surface area contributed by atoms with Crippen molar-refractivity contribution >= 4 is 5.97 Å². The highest BCUT2D eigenvalue weighted by Crippen LogP contribution is 2.22. The minimum Gasteiger partial charge on any atom is -0.494 e. The van der Waals surface area contributed by atoms with Crippen LogP contribution >= 0.6 is 0 Å². The predicted molar refractivity (Wildman–Crippen MR) is 49.0 cm³/mol. The van der Waals surface area contributed by atoms with E-state index in [0.717, 1.165) is 0 Å². The van der Waals surface area contributed by atoms with E-state index in [-0.39, 0.29) is 12.2 Å². The molecule has 0 aliphatic rings. The fourth-order valence-corrected chi connectivity index (χ4v) is 1.23. The van der Waals surface area contributed by atoms with E-state index in [9.17, 15) is 9.18 Å². The first-order chi connectivity index (χ1) is 6.54. The van der Waals surface area contributed by atoms with Crippen molar-refractivity contribution in [1.29, 1.82) is 0 Å². The molecule has 14 heavy (non-hydrogen) atoms. The van der Waals surface area contributed by atoms with Crippen molar-refractivity contribution in [2.45, 2.75) is 13.3 Å². The first-order valence-corrected chi connectivity index (χ1v) is 4.09. The Balaban J connectivity index is 3.09. The first kappa shape index (κ1) is 10.5. The Labute approximate surface area is 81.1 Å². The van der Waals surface area contributed by atoms with E-state index in [4.69, 9.17) is 9.84 Å². The van der Waals surface area contributed by atoms with E-state index in [2.05, 4.69) is 0 Å². The zero-order valence-electron chi connectivity index (χ0n) is 8.00. The second-order valence-corrected chi connectivity index (χ2v) is 3.00. The third-order valence-electron chi connectivity index (χ3n) is 1.86. The van der Waals surface area contributed by atoms with Gasteiger partial charge in [0.2, 0.25) is 0 Å². The van der Waals surface area contributed by atoms with Gasteiger partial charge in [0.25, 0.3) is 0 Å². The Kier molecular flexibility index (Phi) is 3.06. The van der Waals surface area contributed by atoms with Crippen LogP contribution in [0.4, 0.5) is 4.39 Å². The number of methoxy groups -OCH3 is 1. The number of halogens is 1. The monoisotopic (exact) mass is 198 g/mol. The Bertz CT molecular complexity index is 361. The summed E-state index contributed by atoms with van der Waals surface area (Å²) in [6, 6.07) is 2.91. The molecular weight excluding hydrogens is 187 g/mol. The number of carbonyl (C=O) groups is 1. The van der Waals surface area contributed by atoms with Crippen LogP contribution in [0.5, 0.6) is 5.75 Å². The van der Waals surface area contributed by atoms with Gasteiger partial charge >= 0.3 is 5.97 Å². The molecule has 1 rings (SSSR count). The normalized spacial score (nSPS) is 9.93. The number of carboxylic acids is 1. The second-order valence-electron chi connectivity index (χ2n) is 3.00. The summed E-state index contributed by atoms with van der Waals surface area (Å²) in [5, 5.41) is 8.56. The second kappa shape index (κ2) is 4.09. The summed E-state index contributed by atoms with van der Waals surface area (Å²) in [4.78, 5) is 10.4. The van der Waals surface area contributed by atoms with E-state index in [1.54, 1.807) is 6.92 Å². The number of rotatable bonds is 3. The fourth-order valence-electron chi connectivity index (χ4n) is 1.23. The number of aryl methyl sites for hydroxylation is 1. The van der Waals surface area contributed by atoms with E-state index in [1.807, 2.05) is 0 Å². The van der Waals surface area contributed by atoms with Gasteiger partial charge in [0.15, 0.2) is 11.6 Å². The summed E-state index contributed by atoms with van der Waals surface area (Å²) in [6.45, 7) is 1.57. The summed E-state index contributed by atoms with van der Waals surface area (Å²) in [5.41, 5.74) is 0.925. The van der Waals surface area contributed by atoms with Gasteiger partial charge < -0.3 is 9.84 Å². The van der Waals surface area contributed by atoms with Gasteiger partial charge in [-0.1, -0.05) is 6.07 Å². The number of aliphatic carboxylic acids is 1. The van der Waals surface area contributed by atoms with E-state index >= 15 is 0 Å². The molecule has 0 fully saturated rings. The van der Waals surface area contributed by atoms with Crippen molar-refractivity contribution < 1.29 is 19.0 Å². The molecule has 0 aliphatic carbocycles. The summed E-state index contributed by atoms with van der Waals surface area (Å²) in [5.74, 6) is -1.30. The van der Waals surface area contributed by atoms with Gasteiger partial charge in [-0.25, -0.2) is 4.39 Å². The first-order valence-electron chi connectivity index (χ1n) is 4.09. The van der Waals surface area contributed by atoms with Crippen LogP contribution in [-0.4, -0.2) is 18.2 Å². The molecule has 0 spiro atoms. The van der Waals surface area contributed by atoms with Crippen molar-refractivity contribution in [3.05, 3.63) is 29.1 Å². The van der Waals surface area contributed by atoms with Crippen molar-refractivity contribution in [2.24, 2.45) is 0 Å². The molecule has 0 unspecified atom stereocenters. The third-order valence-corrected chi connectivity index (χ3v) is 1.86. The molecule has 1 aromatic carbocycles. The molecule has 3 nitrogen and oxygen atoms in total. The third kappa shape index (κ3) is 2.22. The van der Waals surface area contributed by atoms with E-state index in [0.29, 0.717) is 11.1 Å². The molecule has 1 aromatic rings. The predicted octanol–water partition coefficient (Wildman–Crippen LogP) is 1.77. The summed E-state index contributed by atoms with van der Waals surface area (Å²) >= 11 is 0. The van der Waals surface area contributed by atoms with Crippen LogP contribution < -0.4 is 4.74 Å². The van der Waals surface area contributed by atoms with Crippen LogP contribution in [0.3, 0.4) is 0 Å². The largest absolute Gasteiger partial charge is 0.494 e. The van der Waals surface area contributed by atoms with Gasteiger partial charge in [-0.2, -0.15) is 0 Å². The zero-order valence-corrected chi connectivity index (χ0v) is 8.00. The van der Waals surface area contributed by atoms with Gasteiger partial charge in [0.05, 0.1) is 13.5 Å². The molecule has 0 amide bonds. The number of hydrogen-bond donors (Lipinski definition) is 1. The molecule has 0 radical (unpaired) electrons. The van der Waals surface area contributed by atoms with E-state index < -0.39 is 11.8 Å². The molecule has 0 aromatic heterocycles. The van der Waals surface area contributed by atoms with Crippen molar-refractivity contribution in [1.82, 2.24) is 0 Å². The molecule has 76 valence electrons. The number of ether oxygens (including phenoxy) is 1. The Morgan fingerprint density at radius 3 is 2.71 bits per heavy atom. The lowest BCUT2D eigenvalue weighted by Gasteiger charge is -2.06. The van der Waals surface area contributed by atoms with Crippen molar-refractivity contribution in [3.63, 3.8) is 0 Å². The maximum absolute atomic E-state index is 13.2. The topological polar surface area (TPSA) is 46.5 Å². The number of hydrogen-bond acceptors (Lipinski definition) is 2. The van der Waals surface area contributed by atoms with Gasteiger partial charge in [0.1, 0.15) is 0 Å². The maximum Gasteiger partial charge on any atom is 0.307 e. The molecule has 0 aliphatic heterocycles. The molecule has 0 saturated heterocycles. The van der Waals surface area contributed by atoms with Gasteiger partial charge in [-0.05, 0) is 24.1 Å². The molecule has 0 saturated carbocycles. The molecular formula is C10H11FO3. The highest BCUT2D eigenvalue weighted by molar-refractivity contribution is 5.70. The van der Waals surface area contributed by atoms with Crippen molar-refractivity contribution in [3.8, 4) is 5.75 Å². The van der Waals surface area contributed by atoms with Crippen LogP contribution in [0.1, 0.15) is 11.1 Å². The average molecular weight is 198 g/mol. The molecule has 1 N–H and O–H groups in total. The Morgan fingerprint density at radius 2 is 2.21 bits per heavy atom. The van der Waals surface area contributed by atoms with Gasteiger partial charge in [-0.15, -0.1) is 0 Å². The SMILES string of the molecule is COc1cc(CC(=O)O)cc(C)c1F. The number of carboxylic acid groups (broad SMARTS) is 1. The lowest BCUT2D eigenvalue weighted by atomic mass is 10.1. The highest BCUT2D eigenvalue weighted by atomic mass is 19.1.